The van der Waals surface area contributed by atoms with E-state index in [0.29, 0.717) is 10.8 Å². The summed E-state index contributed by atoms with van der Waals surface area (Å²) in [6.07, 6.45) is 4.08. The number of rotatable bonds is 3. The van der Waals surface area contributed by atoms with Crippen molar-refractivity contribution in [2.45, 2.75) is 50.5 Å². The highest BCUT2D eigenvalue weighted by molar-refractivity contribution is 9.10. The van der Waals surface area contributed by atoms with Crippen molar-refractivity contribution < 1.29 is 8.42 Å². The van der Waals surface area contributed by atoms with E-state index in [0.717, 1.165) is 35.7 Å². The second-order valence-corrected chi connectivity index (χ2v) is 8.09. The van der Waals surface area contributed by atoms with Crippen molar-refractivity contribution >= 4 is 26.0 Å². The highest BCUT2D eigenvalue weighted by atomic mass is 79.9. The zero-order valence-corrected chi connectivity index (χ0v) is 13.7. The van der Waals surface area contributed by atoms with E-state index in [4.69, 9.17) is 0 Å². The van der Waals surface area contributed by atoms with Crippen LogP contribution < -0.4 is 4.72 Å². The Balaban J connectivity index is 2.16. The first-order valence-electron chi connectivity index (χ1n) is 6.67. The van der Waals surface area contributed by atoms with Crippen molar-refractivity contribution in [3.8, 4) is 0 Å². The molecule has 1 aliphatic carbocycles. The van der Waals surface area contributed by atoms with Crippen molar-refractivity contribution in [2.75, 3.05) is 0 Å². The molecule has 1 aromatic rings. The number of hydrogen-bond donors (Lipinski definition) is 1. The summed E-state index contributed by atoms with van der Waals surface area (Å²) < 4.78 is 28.5. The van der Waals surface area contributed by atoms with Crippen LogP contribution in [0, 0.1) is 12.8 Å². The van der Waals surface area contributed by atoms with Crippen LogP contribution in [0.1, 0.15) is 38.2 Å². The van der Waals surface area contributed by atoms with Gasteiger partial charge in [0.2, 0.25) is 10.0 Å². The Labute approximate surface area is 124 Å². The normalized spacial score (nSPS) is 24.4. The van der Waals surface area contributed by atoms with Crippen LogP contribution in [0.2, 0.25) is 0 Å². The Morgan fingerprint density at radius 1 is 1.21 bits per heavy atom. The molecule has 1 N–H and O–H groups in total. The molecule has 0 saturated heterocycles. The third kappa shape index (κ3) is 3.80. The van der Waals surface area contributed by atoms with Crippen LogP contribution in [-0.4, -0.2) is 14.5 Å². The van der Waals surface area contributed by atoms with Crippen molar-refractivity contribution in [3.05, 3.63) is 28.2 Å². The van der Waals surface area contributed by atoms with Gasteiger partial charge in [-0.2, -0.15) is 0 Å². The quantitative estimate of drug-likeness (QED) is 0.909. The Bertz CT molecular complexity index is 549. The molecule has 19 heavy (non-hydrogen) atoms. The van der Waals surface area contributed by atoms with Gasteiger partial charge in [-0.15, -0.1) is 0 Å². The monoisotopic (exact) mass is 345 g/mol. The van der Waals surface area contributed by atoms with E-state index >= 15 is 0 Å². The minimum absolute atomic E-state index is 0.0829. The Morgan fingerprint density at radius 2 is 1.84 bits per heavy atom. The summed E-state index contributed by atoms with van der Waals surface area (Å²) in [5, 5.41) is 0. The molecule has 0 radical (unpaired) electrons. The molecular weight excluding hydrogens is 326 g/mol. The van der Waals surface area contributed by atoms with Crippen LogP contribution in [0.3, 0.4) is 0 Å². The van der Waals surface area contributed by atoms with E-state index in [1.54, 1.807) is 6.07 Å². The number of sulfonamides is 1. The molecule has 0 aromatic heterocycles. The van der Waals surface area contributed by atoms with Crippen LogP contribution in [-0.2, 0) is 10.0 Å². The van der Waals surface area contributed by atoms with E-state index in [1.165, 1.54) is 0 Å². The molecule has 1 aromatic carbocycles. The van der Waals surface area contributed by atoms with Gasteiger partial charge < -0.3 is 0 Å². The molecule has 0 heterocycles. The first-order chi connectivity index (χ1) is 8.88. The van der Waals surface area contributed by atoms with Crippen molar-refractivity contribution in [3.63, 3.8) is 0 Å². The summed E-state index contributed by atoms with van der Waals surface area (Å²) in [4.78, 5) is 0.375. The number of nitrogens with one attached hydrogen (secondary N) is 1. The SMILES string of the molecule is Cc1ccc(Br)cc1S(=O)(=O)NC1CCC(C)CC1. The summed E-state index contributed by atoms with van der Waals surface area (Å²) in [5.41, 5.74) is 0.778. The molecule has 0 unspecified atom stereocenters. The number of halogens is 1. The van der Waals surface area contributed by atoms with Crippen LogP contribution in [0.5, 0.6) is 0 Å². The smallest absolute Gasteiger partial charge is 0.208 e. The first-order valence-corrected chi connectivity index (χ1v) is 8.94. The van der Waals surface area contributed by atoms with Gasteiger partial charge in [-0.05, 0) is 56.2 Å². The number of aryl methyl sites for hydroxylation is 1. The van der Waals surface area contributed by atoms with Crippen molar-refractivity contribution in [1.82, 2.24) is 4.72 Å². The zero-order valence-electron chi connectivity index (χ0n) is 11.3. The Hall–Kier alpha value is -0.390. The fourth-order valence-corrected chi connectivity index (χ4v) is 4.61. The van der Waals surface area contributed by atoms with Gasteiger partial charge in [-0.25, -0.2) is 13.1 Å². The second-order valence-electron chi connectivity index (χ2n) is 5.49. The molecule has 0 spiro atoms. The second kappa shape index (κ2) is 5.94. The summed E-state index contributed by atoms with van der Waals surface area (Å²) >= 11 is 3.33. The summed E-state index contributed by atoms with van der Waals surface area (Å²) in [7, 11) is -3.41. The number of hydrogen-bond acceptors (Lipinski definition) is 2. The first kappa shape index (κ1) is 15.0. The molecule has 1 fully saturated rings. The maximum atomic E-state index is 12.4. The lowest BCUT2D eigenvalue weighted by molar-refractivity contribution is 0.332. The summed E-state index contributed by atoms with van der Waals surface area (Å²) in [5.74, 6) is 0.716. The van der Waals surface area contributed by atoms with Crippen LogP contribution >= 0.6 is 15.9 Å². The molecule has 3 nitrogen and oxygen atoms in total. The van der Waals surface area contributed by atoms with Crippen molar-refractivity contribution in [1.29, 1.82) is 0 Å². The van der Waals surface area contributed by atoms with Gasteiger partial charge in [0.15, 0.2) is 0 Å². The highest BCUT2D eigenvalue weighted by Crippen LogP contribution is 2.26. The predicted molar refractivity (Wildman–Crippen MR) is 80.6 cm³/mol. The maximum absolute atomic E-state index is 12.4. The molecule has 2 rings (SSSR count). The van der Waals surface area contributed by atoms with E-state index in [1.807, 2.05) is 19.1 Å². The third-order valence-electron chi connectivity index (χ3n) is 3.78. The lowest BCUT2D eigenvalue weighted by atomic mass is 9.88. The van der Waals surface area contributed by atoms with Crippen LogP contribution in [0.25, 0.3) is 0 Å². The minimum atomic E-state index is -3.41. The average molecular weight is 346 g/mol. The molecule has 0 atom stereocenters. The van der Waals surface area contributed by atoms with E-state index in [-0.39, 0.29) is 6.04 Å². The van der Waals surface area contributed by atoms with E-state index < -0.39 is 10.0 Å². The van der Waals surface area contributed by atoms with E-state index in [9.17, 15) is 8.42 Å². The third-order valence-corrected chi connectivity index (χ3v) is 5.93. The summed E-state index contributed by atoms with van der Waals surface area (Å²) in [6.45, 7) is 4.05. The van der Waals surface area contributed by atoms with Gasteiger partial charge in [0.05, 0.1) is 4.90 Å². The molecule has 5 heteroatoms. The maximum Gasteiger partial charge on any atom is 0.241 e. The molecule has 0 amide bonds. The Kier molecular flexibility index (Phi) is 4.69. The van der Waals surface area contributed by atoms with Gasteiger partial charge in [-0.3, -0.25) is 0 Å². The lowest BCUT2D eigenvalue weighted by Gasteiger charge is -2.27. The molecule has 0 bridgehead atoms. The van der Waals surface area contributed by atoms with Gasteiger partial charge in [0, 0.05) is 10.5 Å². The zero-order chi connectivity index (χ0) is 14.0. The highest BCUT2D eigenvalue weighted by Gasteiger charge is 2.25. The van der Waals surface area contributed by atoms with Crippen LogP contribution in [0.4, 0.5) is 0 Å². The minimum Gasteiger partial charge on any atom is -0.208 e. The van der Waals surface area contributed by atoms with Gasteiger partial charge in [0.25, 0.3) is 0 Å². The molecular formula is C14H20BrNO2S. The van der Waals surface area contributed by atoms with Crippen molar-refractivity contribution in [2.24, 2.45) is 5.92 Å². The number of benzene rings is 1. The molecule has 1 aliphatic rings. The largest absolute Gasteiger partial charge is 0.241 e. The van der Waals surface area contributed by atoms with Crippen LogP contribution in [0.15, 0.2) is 27.6 Å². The standard InChI is InChI=1S/C14H20BrNO2S/c1-10-3-7-13(8-4-10)16-19(17,18)14-9-12(15)6-5-11(14)2/h5-6,9-10,13,16H,3-4,7-8H2,1-2H3. The van der Waals surface area contributed by atoms with E-state index in [2.05, 4.69) is 27.6 Å². The Morgan fingerprint density at radius 3 is 2.47 bits per heavy atom. The molecule has 106 valence electrons. The molecule has 0 aliphatic heterocycles. The summed E-state index contributed by atoms with van der Waals surface area (Å²) in [6, 6.07) is 5.43. The van der Waals surface area contributed by atoms with Gasteiger partial charge in [-0.1, -0.05) is 28.9 Å². The average Bonchev–Trinajstić information content (AvgIpc) is 2.35. The lowest BCUT2D eigenvalue weighted by Crippen LogP contribution is -2.37. The predicted octanol–water partition coefficient (Wildman–Crippen LogP) is 3.61. The van der Waals surface area contributed by atoms with Gasteiger partial charge in [0.1, 0.15) is 0 Å². The fraction of sp³-hybridized carbons (Fsp3) is 0.571. The fourth-order valence-electron chi connectivity index (χ4n) is 2.52. The topological polar surface area (TPSA) is 46.2 Å². The van der Waals surface area contributed by atoms with Gasteiger partial charge >= 0.3 is 0 Å². The molecule has 1 saturated carbocycles.